The Bertz CT molecular complexity index is 774. The minimum Gasteiger partial charge on any atom is -0.489 e. The van der Waals surface area contributed by atoms with Crippen LogP contribution in [0.5, 0.6) is 5.75 Å². The van der Waals surface area contributed by atoms with Crippen molar-refractivity contribution in [3.8, 4) is 16.9 Å². The number of halogens is 1. The molecular formula is C20H22FNO3. The molecule has 0 heterocycles. The first-order valence-corrected chi connectivity index (χ1v) is 7.92. The van der Waals surface area contributed by atoms with E-state index in [1.807, 2.05) is 31.2 Å². The van der Waals surface area contributed by atoms with Crippen LogP contribution in [0.15, 0.2) is 49.1 Å². The number of benzene rings is 2. The van der Waals surface area contributed by atoms with E-state index < -0.39 is 6.04 Å². The Labute approximate surface area is 147 Å². The first kappa shape index (κ1) is 18.7. The smallest absolute Gasteiger partial charge is 0.307 e. The van der Waals surface area contributed by atoms with Gasteiger partial charge in [-0.05, 0) is 35.7 Å². The standard InChI is InChI=1S/C20H22FNO3/c1-4-8-25-18-11-16(21)9-13(2)20(18)15-7-5-6-14(10-15)17(22)12-19(23)24-3/h4-7,9-11,17H,1,8,12,22H2,2-3H3/t17-/m0/s1. The maximum atomic E-state index is 13.8. The predicted octanol–water partition coefficient (Wildman–Crippen LogP) is 3.93. The van der Waals surface area contributed by atoms with Gasteiger partial charge < -0.3 is 15.2 Å². The normalized spacial score (nSPS) is 11.7. The number of nitrogens with two attached hydrogens (primary N) is 1. The number of methoxy groups -OCH3 is 1. The molecule has 2 aromatic rings. The lowest BCUT2D eigenvalue weighted by Gasteiger charge is -2.16. The molecule has 0 saturated heterocycles. The number of carbonyl (C=O) groups excluding carboxylic acids is 1. The predicted molar refractivity (Wildman–Crippen MR) is 95.8 cm³/mol. The molecule has 1 atom stereocenters. The summed E-state index contributed by atoms with van der Waals surface area (Å²) >= 11 is 0. The van der Waals surface area contributed by atoms with Crippen LogP contribution in [0.2, 0.25) is 0 Å². The summed E-state index contributed by atoms with van der Waals surface area (Å²) in [4.78, 5) is 11.4. The molecule has 0 radical (unpaired) electrons. The van der Waals surface area contributed by atoms with Crippen LogP contribution in [0.25, 0.3) is 11.1 Å². The van der Waals surface area contributed by atoms with Gasteiger partial charge in [0.15, 0.2) is 0 Å². The van der Waals surface area contributed by atoms with Crippen LogP contribution in [-0.4, -0.2) is 19.7 Å². The van der Waals surface area contributed by atoms with E-state index in [0.29, 0.717) is 5.75 Å². The molecule has 0 aliphatic heterocycles. The molecule has 2 rings (SSSR count). The molecule has 0 fully saturated rings. The van der Waals surface area contributed by atoms with Crippen LogP contribution in [0, 0.1) is 12.7 Å². The zero-order chi connectivity index (χ0) is 18.4. The van der Waals surface area contributed by atoms with Gasteiger partial charge in [0, 0.05) is 17.7 Å². The quantitative estimate of drug-likeness (QED) is 0.611. The van der Waals surface area contributed by atoms with Gasteiger partial charge in [0.1, 0.15) is 18.2 Å². The summed E-state index contributed by atoms with van der Waals surface area (Å²) < 4.78 is 24.0. The topological polar surface area (TPSA) is 61.5 Å². The number of rotatable bonds is 7. The summed E-state index contributed by atoms with van der Waals surface area (Å²) in [5.41, 5.74) is 9.26. The van der Waals surface area contributed by atoms with E-state index in [1.165, 1.54) is 19.2 Å². The van der Waals surface area contributed by atoms with Gasteiger partial charge in [-0.15, -0.1) is 0 Å². The van der Waals surface area contributed by atoms with E-state index in [0.717, 1.165) is 22.3 Å². The molecule has 25 heavy (non-hydrogen) atoms. The number of esters is 1. The van der Waals surface area contributed by atoms with Crippen molar-refractivity contribution in [2.24, 2.45) is 5.73 Å². The molecule has 2 N–H and O–H groups in total. The SMILES string of the molecule is C=CCOc1cc(F)cc(C)c1-c1cccc([C@@H](N)CC(=O)OC)c1. The molecule has 4 nitrogen and oxygen atoms in total. The summed E-state index contributed by atoms with van der Waals surface area (Å²) in [6.45, 7) is 5.71. The molecule has 0 unspecified atom stereocenters. The molecular weight excluding hydrogens is 321 g/mol. The molecule has 0 bridgehead atoms. The number of hydrogen-bond acceptors (Lipinski definition) is 4. The zero-order valence-corrected chi connectivity index (χ0v) is 14.4. The fourth-order valence-electron chi connectivity index (χ4n) is 2.65. The van der Waals surface area contributed by atoms with Crippen LogP contribution >= 0.6 is 0 Å². The third-order valence-electron chi connectivity index (χ3n) is 3.84. The lowest BCUT2D eigenvalue weighted by Crippen LogP contribution is -2.16. The molecule has 132 valence electrons. The summed E-state index contributed by atoms with van der Waals surface area (Å²) in [6, 6.07) is 9.81. The van der Waals surface area contributed by atoms with Gasteiger partial charge in [-0.1, -0.05) is 30.9 Å². The van der Waals surface area contributed by atoms with E-state index in [2.05, 4.69) is 11.3 Å². The van der Waals surface area contributed by atoms with Crippen LogP contribution < -0.4 is 10.5 Å². The van der Waals surface area contributed by atoms with E-state index in [4.69, 9.17) is 10.5 Å². The number of hydrogen-bond donors (Lipinski definition) is 1. The molecule has 0 amide bonds. The lowest BCUT2D eigenvalue weighted by atomic mass is 9.95. The van der Waals surface area contributed by atoms with Gasteiger partial charge in [0.25, 0.3) is 0 Å². The van der Waals surface area contributed by atoms with Gasteiger partial charge >= 0.3 is 5.97 Å². The zero-order valence-electron chi connectivity index (χ0n) is 14.4. The Morgan fingerprint density at radius 1 is 1.36 bits per heavy atom. The minimum absolute atomic E-state index is 0.0855. The van der Waals surface area contributed by atoms with Crippen LogP contribution in [0.1, 0.15) is 23.6 Å². The summed E-state index contributed by atoms with van der Waals surface area (Å²) in [5.74, 6) is -0.291. The average molecular weight is 343 g/mol. The molecule has 0 aromatic heterocycles. The van der Waals surface area contributed by atoms with Crippen molar-refractivity contribution in [1.82, 2.24) is 0 Å². The van der Waals surface area contributed by atoms with E-state index in [1.54, 1.807) is 6.08 Å². The van der Waals surface area contributed by atoms with Crippen molar-refractivity contribution in [3.63, 3.8) is 0 Å². The second-order valence-corrected chi connectivity index (χ2v) is 5.71. The Balaban J connectivity index is 2.43. The van der Waals surface area contributed by atoms with Crippen molar-refractivity contribution in [2.45, 2.75) is 19.4 Å². The maximum absolute atomic E-state index is 13.8. The largest absolute Gasteiger partial charge is 0.489 e. The monoisotopic (exact) mass is 343 g/mol. The van der Waals surface area contributed by atoms with Crippen molar-refractivity contribution in [1.29, 1.82) is 0 Å². The third kappa shape index (κ3) is 4.67. The van der Waals surface area contributed by atoms with Crippen LogP contribution in [-0.2, 0) is 9.53 Å². The highest BCUT2D eigenvalue weighted by atomic mass is 19.1. The van der Waals surface area contributed by atoms with E-state index in [-0.39, 0.29) is 24.8 Å². The minimum atomic E-state index is -0.481. The van der Waals surface area contributed by atoms with E-state index in [9.17, 15) is 9.18 Å². The number of aryl methyl sites for hydroxylation is 1. The Morgan fingerprint density at radius 2 is 2.12 bits per heavy atom. The average Bonchev–Trinajstić information content (AvgIpc) is 2.59. The molecule has 0 aliphatic carbocycles. The highest BCUT2D eigenvalue weighted by Crippen LogP contribution is 2.35. The van der Waals surface area contributed by atoms with Gasteiger partial charge in [-0.2, -0.15) is 0 Å². The van der Waals surface area contributed by atoms with Gasteiger partial charge in [0.05, 0.1) is 13.5 Å². The van der Waals surface area contributed by atoms with Crippen molar-refractivity contribution in [2.75, 3.05) is 13.7 Å². The first-order valence-electron chi connectivity index (χ1n) is 7.92. The molecule has 0 aliphatic rings. The van der Waals surface area contributed by atoms with Gasteiger partial charge in [0.2, 0.25) is 0 Å². The second-order valence-electron chi connectivity index (χ2n) is 5.71. The van der Waals surface area contributed by atoms with E-state index >= 15 is 0 Å². The van der Waals surface area contributed by atoms with Crippen molar-refractivity contribution in [3.05, 3.63) is 66.0 Å². The fraction of sp³-hybridized carbons (Fsp3) is 0.250. The third-order valence-corrected chi connectivity index (χ3v) is 3.84. The Hall–Kier alpha value is -2.66. The van der Waals surface area contributed by atoms with Crippen molar-refractivity contribution >= 4 is 5.97 Å². The second kappa shape index (κ2) is 8.44. The Morgan fingerprint density at radius 3 is 2.80 bits per heavy atom. The molecule has 0 saturated carbocycles. The summed E-state index contributed by atoms with van der Waals surface area (Å²) in [7, 11) is 1.33. The summed E-state index contributed by atoms with van der Waals surface area (Å²) in [6.07, 6.45) is 1.69. The highest BCUT2D eigenvalue weighted by Gasteiger charge is 2.16. The fourth-order valence-corrected chi connectivity index (χ4v) is 2.65. The van der Waals surface area contributed by atoms with Gasteiger partial charge in [-0.25, -0.2) is 4.39 Å². The Kier molecular flexibility index (Phi) is 6.31. The van der Waals surface area contributed by atoms with Crippen molar-refractivity contribution < 1.29 is 18.7 Å². The maximum Gasteiger partial charge on any atom is 0.307 e. The van der Waals surface area contributed by atoms with Crippen LogP contribution in [0.4, 0.5) is 4.39 Å². The molecule has 5 heteroatoms. The molecule has 2 aromatic carbocycles. The highest BCUT2D eigenvalue weighted by molar-refractivity contribution is 5.75. The first-order chi connectivity index (χ1) is 12.0. The number of ether oxygens (including phenoxy) is 2. The van der Waals surface area contributed by atoms with Crippen LogP contribution in [0.3, 0.4) is 0 Å². The number of carbonyl (C=O) groups is 1. The molecule has 0 spiro atoms. The summed E-state index contributed by atoms with van der Waals surface area (Å²) in [5, 5.41) is 0. The van der Waals surface area contributed by atoms with Gasteiger partial charge in [-0.3, -0.25) is 4.79 Å². The lowest BCUT2D eigenvalue weighted by molar-refractivity contribution is -0.141.